The van der Waals surface area contributed by atoms with Crippen molar-refractivity contribution in [2.45, 2.75) is 110 Å². The summed E-state index contributed by atoms with van der Waals surface area (Å²) < 4.78 is 30.3. The summed E-state index contributed by atoms with van der Waals surface area (Å²) in [5.41, 5.74) is -3.12. The Balaban J connectivity index is 1.84. The van der Waals surface area contributed by atoms with Crippen molar-refractivity contribution in [2.75, 3.05) is 46.3 Å². The fourth-order valence-electron chi connectivity index (χ4n) is 7.76. The normalized spacial score (nSPS) is 24.4. The third kappa shape index (κ3) is 6.69. The quantitative estimate of drug-likeness (QED) is 0.0849. The van der Waals surface area contributed by atoms with Crippen LogP contribution in [0.4, 0.5) is 10.5 Å². The zero-order chi connectivity index (χ0) is 39.6. The number of ketones is 2. The van der Waals surface area contributed by atoms with Crippen LogP contribution in [0.3, 0.4) is 0 Å². The second-order valence-electron chi connectivity index (χ2n) is 17.6. The summed E-state index contributed by atoms with van der Waals surface area (Å²) in [7, 11) is 4.36. The van der Waals surface area contributed by atoms with Crippen molar-refractivity contribution in [3.8, 4) is 11.6 Å². The molecule has 0 radical (unpaired) electrons. The Labute approximate surface area is 313 Å². The van der Waals surface area contributed by atoms with Gasteiger partial charge in [0.05, 0.1) is 30.4 Å². The zero-order valence-corrected chi connectivity index (χ0v) is 34.6. The van der Waals surface area contributed by atoms with Gasteiger partial charge in [-0.1, -0.05) is 34.1 Å². The van der Waals surface area contributed by atoms with E-state index in [2.05, 4.69) is 5.16 Å². The van der Waals surface area contributed by atoms with E-state index in [0.717, 1.165) is 6.42 Å². The first-order valence-corrected chi connectivity index (χ1v) is 21.3. The van der Waals surface area contributed by atoms with E-state index in [1.165, 1.54) is 6.07 Å². The molecule has 2 N–H and O–H groups in total. The van der Waals surface area contributed by atoms with E-state index in [1.54, 1.807) is 26.8 Å². The number of nitrogens with zero attached hydrogens (tertiary/aromatic N) is 3. The van der Waals surface area contributed by atoms with Gasteiger partial charge < -0.3 is 38.3 Å². The second kappa shape index (κ2) is 13.8. The molecule has 5 rings (SSSR count). The molecule has 0 aliphatic heterocycles. The van der Waals surface area contributed by atoms with Crippen LogP contribution in [0.2, 0.25) is 18.1 Å². The van der Waals surface area contributed by atoms with Crippen LogP contribution in [0.25, 0.3) is 5.76 Å². The molecule has 1 aromatic carbocycles. The number of Topliss-reactive ketones (excluding diaryl/α,β-unsaturated/α-hetero) is 2. The van der Waals surface area contributed by atoms with Crippen LogP contribution in [0.15, 0.2) is 22.2 Å². The minimum absolute atomic E-state index is 0.00962. The van der Waals surface area contributed by atoms with Gasteiger partial charge in [-0.2, -0.15) is 0 Å². The molecule has 4 atom stereocenters. The third-order valence-corrected chi connectivity index (χ3v) is 15.7. The summed E-state index contributed by atoms with van der Waals surface area (Å²) in [5, 5.41) is 27.7. The number of aromatic nitrogens is 1. The summed E-state index contributed by atoms with van der Waals surface area (Å²) >= 11 is 0. The van der Waals surface area contributed by atoms with E-state index in [0.29, 0.717) is 17.7 Å². The van der Waals surface area contributed by atoms with E-state index in [4.69, 9.17) is 23.2 Å². The number of unbranched alkanes of at least 4 members (excludes halogenated alkanes) is 1. The number of hydrogen-bond donors (Lipinski definition) is 2. The van der Waals surface area contributed by atoms with Gasteiger partial charge in [-0.15, -0.1) is 0 Å². The van der Waals surface area contributed by atoms with Crippen molar-refractivity contribution in [2.24, 2.45) is 11.3 Å². The van der Waals surface area contributed by atoms with Crippen LogP contribution < -0.4 is 14.4 Å². The van der Waals surface area contributed by atoms with Gasteiger partial charge in [0.2, 0.25) is 11.6 Å². The molecule has 2 aromatic rings. The highest BCUT2D eigenvalue weighted by atomic mass is 28.4. The predicted molar refractivity (Wildman–Crippen MR) is 202 cm³/mol. The Morgan fingerprint density at radius 3 is 2.26 bits per heavy atom. The Kier molecular flexibility index (Phi) is 10.6. The number of ether oxygens (including phenoxy) is 3. The van der Waals surface area contributed by atoms with Crippen LogP contribution in [0.5, 0.6) is 11.6 Å². The number of carbonyl (C=O) groups is 3. The van der Waals surface area contributed by atoms with Crippen LogP contribution in [0, 0.1) is 11.3 Å². The fraction of sp³-hybridized carbons (Fsp3) is 0.641. The standard InChI is InChI=1S/C39H57N3O10Si/c1-14-15-18-48-34-27-31(51-40-34)29(42(10)11)23-20-38(21-43)19-22-24(41(8)9)16-17-25(49-35(47)50-36(2,3)4)26(22)30(44)28(38)33(46)39(23,32(27)45)52-53(12,13)37(5,6)7/h16-17,23,29,43-44H,14-15,18-21H2,1-13H3/t23-,29-,38-,39+/m0/s1. The molecule has 0 spiro atoms. The molecule has 0 unspecified atom stereocenters. The largest absolute Gasteiger partial charge is 0.514 e. The van der Waals surface area contributed by atoms with Crippen LogP contribution >= 0.6 is 0 Å². The van der Waals surface area contributed by atoms with E-state index >= 15 is 9.59 Å². The number of fused-ring (bicyclic) bond motifs is 4. The molecule has 3 aliphatic rings. The smallest absolute Gasteiger partial charge is 0.507 e. The van der Waals surface area contributed by atoms with Gasteiger partial charge in [0.25, 0.3) is 5.88 Å². The summed E-state index contributed by atoms with van der Waals surface area (Å²) in [6.07, 6.45) is 0.711. The Bertz CT molecular complexity index is 1820. The minimum Gasteiger partial charge on any atom is -0.507 e. The number of rotatable bonds is 10. The predicted octanol–water partition coefficient (Wildman–Crippen LogP) is 6.89. The first kappa shape index (κ1) is 40.5. The summed E-state index contributed by atoms with van der Waals surface area (Å²) in [5.74, 6) is -2.54. The lowest BCUT2D eigenvalue weighted by Crippen LogP contribution is -2.70. The van der Waals surface area contributed by atoms with Gasteiger partial charge in [-0.3, -0.25) is 14.5 Å². The maximum atomic E-state index is 15.8. The highest BCUT2D eigenvalue weighted by Crippen LogP contribution is 2.63. The van der Waals surface area contributed by atoms with Crippen molar-refractivity contribution in [3.05, 3.63) is 40.2 Å². The van der Waals surface area contributed by atoms with Crippen LogP contribution in [-0.2, 0) is 20.4 Å². The summed E-state index contributed by atoms with van der Waals surface area (Å²) in [4.78, 5) is 48.0. The summed E-state index contributed by atoms with van der Waals surface area (Å²) in [6, 6.07) is 2.59. The second-order valence-corrected chi connectivity index (χ2v) is 22.4. The van der Waals surface area contributed by atoms with E-state index < -0.39 is 72.0 Å². The molecule has 0 bridgehead atoms. The number of aliphatic hydroxyl groups excluding tert-OH is 2. The molecule has 1 aromatic heterocycles. The maximum Gasteiger partial charge on any atom is 0.514 e. The Morgan fingerprint density at radius 2 is 1.72 bits per heavy atom. The van der Waals surface area contributed by atoms with Gasteiger partial charge in [0.15, 0.2) is 19.7 Å². The number of benzene rings is 1. The van der Waals surface area contributed by atoms with E-state index in [1.807, 2.05) is 78.8 Å². The van der Waals surface area contributed by atoms with Crippen LogP contribution in [0.1, 0.15) is 101 Å². The van der Waals surface area contributed by atoms with Crippen molar-refractivity contribution in [1.82, 2.24) is 10.1 Å². The summed E-state index contributed by atoms with van der Waals surface area (Å²) in [6.45, 7) is 16.9. The van der Waals surface area contributed by atoms with Gasteiger partial charge in [-0.25, -0.2) is 4.79 Å². The molecule has 0 amide bonds. The average Bonchev–Trinajstić information content (AvgIpc) is 3.43. The Morgan fingerprint density at radius 1 is 1.06 bits per heavy atom. The van der Waals surface area contributed by atoms with Crippen molar-refractivity contribution >= 4 is 37.5 Å². The molecule has 14 heteroatoms. The van der Waals surface area contributed by atoms with Crippen molar-refractivity contribution in [1.29, 1.82) is 0 Å². The molecular weight excluding hydrogens is 699 g/mol. The first-order chi connectivity index (χ1) is 24.5. The SMILES string of the molecule is CCCCOc1noc2c1C(=O)[C@@]1(O[Si](C)(C)C(C)(C)C)C(=O)C3=C(O)c4c(OC(=O)OC(C)(C)C)ccc(N(C)C)c4C[C@@]3(CO)C[C@H]1[C@@H]2N(C)C. The Hall–Kier alpha value is -3.72. The molecule has 1 heterocycles. The molecule has 53 heavy (non-hydrogen) atoms. The molecule has 1 fully saturated rings. The number of hydrogen-bond acceptors (Lipinski definition) is 13. The van der Waals surface area contributed by atoms with Gasteiger partial charge in [0.1, 0.15) is 22.7 Å². The number of anilines is 1. The lowest BCUT2D eigenvalue weighted by molar-refractivity contribution is -0.145. The molecule has 13 nitrogen and oxygen atoms in total. The maximum absolute atomic E-state index is 15.8. The fourth-order valence-corrected chi connectivity index (χ4v) is 9.21. The van der Waals surface area contributed by atoms with Gasteiger partial charge in [0, 0.05) is 31.1 Å². The van der Waals surface area contributed by atoms with Crippen molar-refractivity contribution in [3.63, 3.8) is 0 Å². The molecule has 292 valence electrons. The zero-order valence-electron chi connectivity index (χ0n) is 33.6. The molecule has 1 saturated carbocycles. The molecule has 3 aliphatic carbocycles. The number of aliphatic hydroxyl groups is 2. The van der Waals surface area contributed by atoms with Gasteiger partial charge in [-0.05, 0) is 95.1 Å². The molecule has 0 saturated heterocycles. The van der Waals surface area contributed by atoms with Gasteiger partial charge >= 0.3 is 6.16 Å². The first-order valence-electron chi connectivity index (χ1n) is 18.4. The van der Waals surface area contributed by atoms with E-state index in [9.17, 15) is 15.0 Å². The lowest BCUT2D eigenvalue weighted by atomic mass is 9.51. The lowest BCUT2D eigenvalue weighted by Gasteiger charge is -2.58. The average molecular weight is 756 g/mol. The monoisotopic (exact) mass is 755 g/mol. The topological polar surface area (TPSA) is 161 Å². The highest BCUT2D eigenvalue weighted by Gasteiger charge is 2.71. The minimum atomic E-state index is -2.98. The third-order valence-electron chi connectivity index (χ3n) is 11.3. The highest BCUT2D eigenvalue weighted by molar-refractivity contribution is 6.74. The number of carbonyl (C=O) groups excluding carboxylic acids is 3. The van der Waals surface area contributed by atoms with Crippen LogP contribution in [-0.4, -0.2) is 98.9 Å². The van der Waals surface area contributed by atoms with E-state index in [-0.39, 0.29) is 53.5 Å². The molecular formula is C39H57N3O10Si. The van der Waals surface area contributed by atoms with Crippen molar-refractivity contribution < 1.29 is 47.8 Å².